The third-order valence-electron chi connectivity index (χ3n) is 2.89. The van der Waals surface area contributed by atoms with E-state index in [-0.39, 0.29) is 17.3 Å². The van der Waals surface area contributed by atoms with E-state index in [9.17, 15) is 9.59 Å². The molecule has 0 spiro atoms. The fraction of sp³-hybridized carbons (Fsp3) is 0.615. The molecule has 1 aromatic rings. The summed E-state index contributed by atoms with van der Waals surface area (Å²) in [5.41, 5.74) is -0.0990. The van der Waals surface area contributed by atoms with Crippen LogP contribution in [0.2, 0.25) is 0 Å². The first-order valence-electron chi connectivity index (χ1n) is 6.53. The smallest absolute Gasteiger partial charge is 0.339 e. The molecule has 1 amide bonds. The minimum absolute atomic E-state index is 0.0164. The lowest BCUT2D eigenvalue weighted by Gasteiger charge is -2.12. The number of carbonyl (C=O) groups excluding carboxylic acids is 1. The molecule has 1 rings (SSSR count). The van der Waals surface area contributed by atoms with Gasteiger partial charge in [-0.1, -0.05) is 26.2 Å². The lowest BCUT2D eigenvalue weighted by molar-refractivity contribution is 0.0690. The third kappa shape index (κ3) is 4.39. The number of amides is 1. The Morgan fingerprint density at radius 2 is 2.16 bits per heavy atom. The highest BCUT2D eigenvalue weighted by Gasteiger charge is 2.21. The average Bonchev–Trinajstić information content (AvgIpc) is 2.72. The van der Waals surface area contributed by atoms with Crippen LogP contribution in [-0.2, 0) is 7.05 Å². The zero-order chi connectivity index (χ0) is 14.4. The van der Waals surface area contributed by atoms with Gasteiger partial charge >= 0.3 is 5.97 Å². The Morgan fingerprint density at radius 3 is 2.74 bits per heavy atom. The first-order valence-corrected chi connectivity index (χ1v) is 6.53. The van der Waals surface area contributed by atoms with Gasteiger partial charge in [-0.05, 0) is 13.3 Å². The predicted molar refractivity (Wildman–Crippen MR) is 71.2 cm³/mol. The molecular weight excluding hydrogens is 246 g/mol. The van der Waals surface area contributed by atoms with Crippen LogP contribution in [-0.4, -0.2) is 32.8 Å². The highest BCUT2D eigenvalue weighted by molar-refractivity contribution is 6.03. The molecule has 0 aliphatic heterocycles. The van der Waals surface area contributed by atoms with Gasteiger partial charge in [0.05, 0.1) is 0 Å². The van der Waals surface area contributed by atoms with Crippen molar-refractivity contribution in [1.82, 2.24) is 15.1 Å². The van der Waals surface area contributed by atoms with Gasteiger partial charge in [-0.15, -0.1) is 0 Å². The van der Waals surface area contributed by atoms with Gasteiger partial charge in [0, 0.05) is 19.3 Å². The summed E-state index contributed by atoms with van der Waals surface area (Å²) in [5, 5.41) is 15.7. The lowest BCUT2D eigenvalue weighted by Crippen LogP contribution is -2.33. The van der Waals surface area contributed by atoms with Crippen LogP contribution in [0.1, 0.15) is 60.4 Å². The highest BCUT2D eigenvalue weighted by atomic mass is 16.4. The maximum absolute atomic E-state index is 12.0. The van der Waals surface area contributed by atoms with E-state index in [0.717, 1.165) is 25.7 Å². The van der Waals surface area contributed by atoms with E-state index in [1.165, 1.54) is 10.9 Å². The number of aromatic nitrogens is 2. The number of carboxylic acids is 1. The van der Waals surface area contributed by atoms with Crippen molar-refractivity contribution in [1.29, 1.82) is 0 Å². The van der Waals surface area contributed by atoms with E-state index in [1.54, 1.807) is 7.05 Å². The minimum atomic E-state index is -1.14. The molecule has 1 atom stereocenters. The van der Waals surface area contributed by atoms with Crippen molar-refractivity contribution >= 4 is 11.9 Å². The summed E-state index contributed by atoms with van der Waals surface area (Å²) < 4.78 is 1.33. The monoisotopic (exact) mass is 267 g/mol. The Balaban J connectivity index is 2.65. The number of aryl methyl sites for hydroxylation is 1. The largest absolute Gasteiger partial charge is 0.478 e. The first kappa shape index (κ1) is 15.2. The third-order valence-corrected chi connectivity index (χ3v) is 2.89. The van der Waals surface area contributed by atoms with Crippen molar-refractivity contribution in [3.8, 4) is 0 Å². The lowest BCUT2D eigenvalue weighted by atomic mass is 10.1. The van der Waals surface area contributed by atoms with E-state index in [2.05, 4.69) is 17.3 Å². The van der Waals surface area contributed by atoms with Gasteiger partial charge in [-0.3, -0.25) is 9.48 Å². The van der Waals surface area contributed by atoms with Gasteiger partial charge in [-0.25, -0.2) is 4.79 Å². The van der Waals surface area contributed by atoms with Gasteiger partial charge in [-0.2, -0.15) is 5.10 Å². The van der Waals surface area contributed by atoms with E-state index in [1.807, 2.05) is 6.92 Å². The number of carbonyl (C=O) groups is 2. The van der Waals surface area contributed by atoms with Gasteiger partial charge in [0.25, 0.3) is 5.91 Å². The quantitative estimate of drug-likeness (QED) is 0.738. The molecule has 19 heavy (non-hydrogen) atoms. The van der Waals surface area contributed by atoms with Crippen LogP contribution in [0.5, 0.6) is 0 Å². The van der Waals surface area contributed by atoms with Gasteiger partial charge in [0.2, 0.25) is 0 Å². The molecule has 0 saturated heterocycles. The summed E-state index contributed by atoms with van der Waals surface area (Å²) in [6, 6.07) is 0.0164. The van der Waals surface area contributed by atoms with Crippen LogP contribution in [0, 0.1) is 0 Å². The molecule has 0 aliphatic carbocycles. The molecular formula is C13H21N3O3. The second-order valence-electron chi connectivity index (χ2n) is 4.74. The molecule has 0 aliphatic rings. The van der Waals surface area contributed by atoms with Crippen LogP contribution >= 0.6 is 0 Å². The zero-order valence-electron chi connectivity index (χ0n) is 11.6. The predicted octanol–water partition coefficient (Wildman–Crippen LogP) is 1.82. The van der Waals surface area contributed by atoms with Crippen LogP contribution in [0.4, 0.5) is 0 Å². The van der Waals surface area contributed by atoms with Crippen molar-refractivity contribution < 1.29 is 14.7 Å². The van der Waals surface area contributed by atoms with Crippen molar-refractivity contribution in [2.45, 2.75) is 45.6 Å². The van der Waals surface area contributed by atoms with E-state index in [4.69, 9.17) is 5.11 Å². The summed E-state index contributed by atoms with van der Waals surface area (Å²) in [4.78, 5) is 23.0. The van der Waals surface area contributed by atoms with Gasteiger partial charge in [0.15, 0.2) is 5.69 Å². The SMILES string of the molecule is CCCCC[C@H](C)NC(=O)c1nn(C)cc1C(=O)O. The van der Waals surface area contributed by atoms with E-state index >= 15 is 0 Å². The Labute approximate surface area is 112 Å². The molecule has 6 nitrogen and oxygen atoms in total. The Morgan fingerprint density at radius 1 is 1.47 bits per heavy atom. The van der Waals surface area contributed by atoms with Crippen molar-refractivity contribution in [2.75, 3.05) is 0 Å². The van der Waals surface area contributed by atoms with Crippen LogP contribution in [0.15, 0.2) is 6.20 Å². The number of nitrogens with one attached hydrogen (secondary N) is 1. The van der Waals surface area contributed by atoms with Crippen molar-refractivity contribution in [2.24, 2.45) is 7.05 Å². The van der Waals surface area contributed by atoms with Crippen molar-refractivity contribution in [3.63, 3.8) is 0 Å². The van der Waals surface area contributed by atoms with Crippen LogP contribution in [0.3, 0.4) is 0 Å². The molecule has 0 radical (unpaired) electrons. The molecule has 0 saturated carbocycles. The molecule has 1 aromatic heterocycles. The first-order chi connectivity index (χ1) is 8.95. The molecule has 0 aromatic carbocycles. The summed E-state index contributed by atoms with van der Waals surface area (Å²) in [6.07, 6.45) is 5.52. The number of carboxylic acid groups (broad SMARTS) is 1. The summed E-state index contributed by atoms with van der Waals surface area (Å²) in [5.74, 6) is -1.57. The molecule has 1 heterocycles. The fourth-order valence-corrected chi connectivity index (χ4v) is 1.88. The summed E-state index contributed by atoms with van der Waals surface area (Å²) >= 11 is 0. The standard InChI is InChI=1S/C13H21N3O3/c1-4-5-6-7-9(2)14-12(17)11-10(13(18)19)8-16(3)15-11/h8-9H,4-7H2,1-3H3,(H,14,17)(H,18,19)/t9-/m0/s1. The molecule has 0 unspecified atom stereocenters. The second kappa shape index (κ2) is 6.92. The Kier molecular flexibility index (Phi) is 5.54. The molecule has 106 valence electrons. The Bertz CT molecular complexity index is 454. The van der Waals surface area contributed by atoms with Crippen LogP contribution < -0.4 is 5.32 Å². The van der Waals surface area contributed by atoms with Gasteiger partial charge in [0.1, 0.15) is 5.56 Å². The number of hydrogen-bond donors (Lipinski definition) is 2. The normalized spacial score (nSPS) is 12.2. The highest BCUT2D eigenvalue weighted by Crippen LogP contribution is 2.08. The fourth-order valence-electron chi connectivity index (χ4n) is 1.88. The van der Waals surface area contributed by atoms with E-state index in [0.29, 0.717) is 0 Å². The number of aromatic carboxylic acids is 1. The zero-order valence-corrected chi connectivity index (χ0v) is 11.6. The average molecular weight is 267 g/mol. The number of nitrogens with zero attached hydrogens (tertiary/aromatic N) is 2. The van der Waals surface area contributed by atoms with Gasteiger partial charge < -0.3 is 10.4 Å². The second-order valence-corrected chi connectivity index (χ2v) is 4.74. The number of unbranched alkanes of at least 4 members (excludes halogenated alkanes) is 2. The molecule has 0 fully saturated rings. The Hall–Kier alpha value is -1.85. The maximum atomic E-state index is 12.0. The topological polar surface area (TPSA) is 84.2 Å². The number of hydrogen-bond acceptors (Lipinski definition) is 3. The molecule has 2 N–H and O–H groups in total. The summed E-state index contributed by atoms with van der Waals surface area (Å²) in [7, 11) is 1.59. The molecule has 6 heteroatoms. The summed E-state index contributed by atoms with van der Waals surface area (Å²) in [6.45, 7) is 4.03. The van der Waals surface area contributed by atoms with Crippen LogP contribution in [0.25, 0.3) is 0 Å². The van der Waals surface area contributed by atoms with E-state index < -0.39 is 11.9 Å². The van der Waals surface area contributed by atoms with Crippen molar-refractivity contribution in [3.05, 3.63) is 17.5 Å². The maximum Gasteiger partial charge on any atom is 0.339 e. The number of rotatable bonds is 7. The minimum Gasteiger partial charge on any atom is -0.478 e. The molecule has 0 bridgehead atoms.